The molecule has 0 radical (unpaired) electrons. The fraction of sp³-hybridized carbons (Fsp3) is 0.400. The van der Waals surface area contributed by atoms with Crippen LogP contribution in [0.15, 0.2) is 41.7 Å². The van der Waals surface area contributed by atoms with Crippen molar-refractivity contribution in [3.05, 3.63) is 51.8 Å². The Hall–Kier alpha value is -2.57. The van der Waals surface area contributed by atoms with E-state index in [4.69, 9.17) is 4.74 Å². The van der Waals surface area contributed by atoms with Gasteiger partial charge in [-0.2, -0.15) is 0 Å². The number of ether oxygens (including phenoxy) is 1. The number of carbonyl (C=O) groups is 1. The topological polar surface area (TPSA) is 93.5 Å². The molecule has 0 bridgehead atoms. The van der Waals surface area contributed by atoms with Crippen molar-refractivity contribution < 1.29 is 14.5 Å². The van der Waals surface area contributed by atoms with Gasteiger partial charge in [-0.25, -0.2) is 4.79 Å². The molecule has 0 saturated carbocycles. The summed E-state index contributed by atoms with van der Waals surface area (Å²) in [5, 5.41) is 17.4. The predicted molar refractivity (Wildman–Crippen MR) is 81.7 cm³/mol. The van der Waals surface area contributed by atoms with Crippen molar-refractivity contribution in [2.24, 2.45) is 0 Å². The zero-order valence-electron chi connectivity index (χ0n) is 12.4. The van der Waals surface area contributed by atoms with Crippen LogP contribution < -0.4 is 10.6 Å². The molecule has 2 rings (SSSR count). The van der Waals surface area contributed by atoms with Crippen molar-refractivity contribution in [3.8, 4) is 0 Å². The van der Waals surface area contributed by atoms with Gasteiger partial charge in [-0.3, -0.25) is 10.1 Å². The predicted octanol–water partition coefficient (Wildman–Crippen LogP) is 1.90. The maximum Gasteiger partial charge on any atom is 0.340 e. The molecular weight excluding hydrogens is 286 g/mol. The lowest BCUT2D eigenvalue weighted by Gasteiger charge is -2.17. The minimum Gasteiger partial charge on any atom is -0.464 e. The van der Waals surface area contributed by atoms with Gasteiger partial charge in [0, 0.05) is 12.2 Å². The van der Waals surface area contributed by atoms with Gasteiger partial charge in [0.1, 0.15) is 0 Å². The van der Waals surface area contributed by atoms with Gasteiger partial charge in [0.2, 0.25) is 6.04 Å². The Morgan fingerprint density at radius 2 is 2.18 bits per heavy atom. The molecule has 118 valence electrons. The van der Waals surface area contributed by atoms with Gasteiger partial charge in [0.05, 0.1) is 17.2 Å². The third-order valence-electron chi connectivity index (χ3n) is 3.33. The Labute approximate surface area is 128 Å². The lowest BCUT2D eigenvalue weighted by molar-refractivity contribution is -0.429. The molecule has 7 heteroatoms. The standard InChI is InChI=1S/C15H19N3O4/c1-2-22-15(19)13(17-11-7-4-3-5-8-11)14(18(20)21)12-9-6-10-16-12/h3-5,7-8,13,16-17H,2,6,9-10H2,1H3/b14-12-. The number of benzene rings is 1. The fourth-order valence-corrected chi connectivity index (χ4v) is 2.37. The summed E-state index contributed by atoms with van der Waals surface area (Å²) in [5.74, 6) is -0.653. The number of nitrogens with zero attached hydrogens (tertiary/aromatic N) is 1. The molecule has 0 amide bonds. The number of carbonyl (C=O) groups excluding carboxylic acids is 1. The molecule has 0 aliphatic carbocycles. The van der Waals surface area contributed by atoms with Gasteiger partial charge in [-0.15, -0.1) is 0 Å². The molecule has 1 aromatic rings. The molecule has 2 N–H and O–H groups in total. The van der Waals surface area contributed by atoms with Crippen molar-refractivity contribution >= 4 is 11.7 Å². The van der Waals surface area contributed by atoms with Crippen molar-refractivity contribution in [1.29, 1.82) is 0 Å². The second-order valence-electron chi connectivity index (χ2n) is 4.85. The van der Waals surface area contributed by atoms with Crippen LogP contribution in [0.5, 0.6) is 0 Å². The largest absolute Gasteiger partial charge is 0.464 e. The Bertz CT molecular complexity index is 563. The lowest BCUT2D eigenvalue weighted by atomic mass is 10.1. The van der Waals surface area contributed by atoms with Crippen LogP contribution in [0.25, 0.3) is 0 Å². The first-order chi connectivity index (χ1) is 10.6. The normalized spacial score (nSPS) is 17.3. The highest BCUT2D eigenvalue weighted by Gasteiger charge is 2.37. The van der Waals surface area contributed by atoms with Gasteiger partial charge >= 0.3 is 5.97 Å². The number of anilines is 1. The molecule has 1 atom stereocenters. The van der Waals surface area contributed by atoms with Gasteiger partial charge in [0.25, 0.3) is 5.70 Å². The SMILES string of the molecule is CCOC(=O)C(Nc1ccccc1)/C(=C1\CCCN1)[N+](=O)[O-]. The Kier molecular flexibility index (Phi) is 5.35. The van der Waals surface area contributed by atoms with Crippen molar-refractivity contribution in [2.75, 3.05) is 18.5 Å². The summed E-state index contributed by atoms with van der Waals surface area (Å²) in [5.41, 5.74) is 0.949. The van der Waals surface area contributed by atoms with Gasteiger partial charge in [-0.1, -0.05) is 18.2 Å². The summed E-state index contributed by atoms with van der Waals surface area (Å²) in [6.45, 7) is 2.51. The number of hydrogen-bond acceptors (Lipinski definition) is 6. The highest BCUT2D eigenvalue weighted by atomic mass is 16.6. The summed E-state index contributed by atoms with van der Waals surface area (Å²) in [6.07, 6.45) is 1.37. The molecule has 0 spiro atoms. The molecular formula is C15H19N3O4. The summed E-state index contributed by atoms with van der Waals surface area (Å²) in [4.78, 5) is 23.2. The van der Waals surface area contributed by atoms with E-state index in [1.165, 1.54) is 0 Å². The molecule has 0 aromatic heterocycles. The highest BCUT2D eigenvalue weighted by molar-refractivity contribution is 5.82. The number of esters is 1. The first kappa shape index (κ1) is 15.8. The van der Waals surface area contributed by atoms with E-state index in [9.17, 15) is 14.9 Å². The number of para-hydroxylation sites is 1. The molecule has 1 fully saturated rings. The summed E-state index contributed by atoms with van der Waals surface area (Å²) in [7, 11) is 0. The van der Waals surface area contributed by atoms with Crippen LogP contribution in [0.3, 0.4) is 0 Å². The molecule has 1 unspecified atom stereocenters. The Morgan fingerprint density at radius 3 is 2.73 bits per heavy atom. The van der Waals surface area contributed by atoms with Crippen LogP contribution in [-0.4, -0.2) is 30.1 Å². The minimum atomic E-state index is -1.14. The highest BCUT2D eigenvalue weighted by Crippen LogP contribution is 2.21. The second kappa shape index (κ2) is 7.44. The van der Waals surface area contributed by atoms with E-state index in [0.717, 1.165) is 6.42 Å². The van der Waals surface area contributed by atoms with Gasteiger partial charge in [0.15, 0.2) is 0 Å². The van der Waals surface area contributed by atoms with Crippen LogP contribution in [-0.2, 0) is 9.53 Å². The zero-order chi connectivity index (χ0) is 15.9. The van der Waals surface area contributed by atoms with Crippen molar-refractivity contribution in [2.45, 2.75) is 25.8 Å². The Morgan fingerprint density at radius 1 is 1.45 bits per heavy atom. The van der Waals surface area contributed by atoms with E-state index in [0.29, 0.717) is 24.4 Å². The second-order valence-corrected chi connectivity index (χ2v) is 4.85. The molecule has 22 heavy (non-hydrogen) atoms. The van der Waals surface area contributed by atoms with E-state index in [1.807, 2.05) is 6.07 Å². The van der Waals surface area contributed by atoms with Crippen LogP contribution in [0.4, 0.5) is 5.69 Å². The van der Waals surface area contributed by atoms with Gasteiger partial charge in [-0.05, 0) is 31.9 Å². The summed E-state index contributed by atoms with van der Waals surface area (Å²) < 4.78 is 5.00. The minimum absolute atomic E-state index is 0.166. The van der Waals surface area contributed by atoms with E-state index >= 15 is 0 Å². The van der Waals surface area contributed by atoms with E-state index in [-0.39, 0.29) is 12.3 Å². The van der Waals surface area contributed by atoms with E-state index < -0.39 is 16.9 Å². The number of hydrogen-bond donors (Lipinski definition) is 2. The average molecular weight is 305 g/mol. The molecule has 1 aliphatic heterocycles. The number of nitrogens with one attached hydrogen (secondary N) is 2. The van der Waals surface area contributed by atoms with Crippen LogP contribution in [0.1, 0.15) is 19.8 Å². The maximum atomic E-state index is 12.2. The number of allylic oxidation sites excluding steroid dienone is 1. The maximum absolute atomic E-state index is 12.2. The van der Waals surface area contributed by atoms with Crippen molar-refractivity contribution in [3.63, 3.8) is 0 Å². The molecule has 1 aromatic carbocycles. The Balaban J connectivity index is 2.35. The number of nitro groups is 1. The van der Waals surface area contributed by atoms with E-state index in [1.54, 1.807) is 31.2 Å². The summed E-state index contributed by atoms with van der Waals surface area (Å²) >= 11 is 0. The first-order valence-electron chi connectivity index (χ1n) is 7.23. The molecule has 1 aliphatic rings. The van der Waals surface area contributed by atoms with Crippen LogP contribution >= 0.6 is 0 Å². The zero-order valence-corrected chi connectivity index (χ0v) is 12.4. The molecule has 1 heterocycles. The van der Waals surface area contributed by atoms with Crippen LogP contribution in [0, 0.1) is 10.1 Å². The first-order valence-corrected chi connectivity index (χ1v) is 7.23. The molecule has 1 saturated heterocycles. The van der Waals surface area contributed by atoms with Crippen molar-refractivity contribution in [1.82, 2.24) is 5.32 Å². The quantitative estimate of drug-likeness (QED) is 0.473. The fourth-order valence-electron chi connectivity index (χ4n) is 2.37. The number of rotatable bonds is 6. The monoisotopic (exact) mass is 305 g/mol. The van der Waals surface area contributed by atoms with E-state index in [2.05, 4.69) is 10.6 Å². The molecule has 7 nitrogen and oxygen atoms in total. The lowest BCUT2D eigenvalue weighted by Crippen LogP contribution is -2.38. The summed E-state index contributed by atoms with van der Waals surface area (Å²) in [6, 6.07) is 7.76. The third kappa shape index (κ3) is 3.75. The average Bonchev–Trinajstić information content (AvgIpc) is 3.01. The van der Waals surface area contributed by atoms with Gasteiger partial charge < -0.3 is 15.4 Å². The smallest absolute Gasteiger partial charge is 0.340 e. The third-order valence-corrected chi connectivity index (χ3v) is 3.33. The van der Waals surface area contributed by atoms with Crippen LogP contribution in [0.2, 0.25) is 0 Å².